The fourth-order valence-corrected chi connectivity index (χ4v) is 3.77. The predicted octanol–water partition coefficient (Wildman–Crippen LogP) is 3.40. The summed E-state index contributed by atoms with van der Waals surface area (Å²) in [6.07, 6.45) is 1.64. The van der Waals surface area contributed by atoms with Crippen molar-refractivity contribution in [1.29, 1.82) is 0 Å². The van der Waals surface area contributed by atoms with E-state index in [1.807, 2.05) is 44.2 Å². The van der Waals surface area contributed by atoms with Gasteiger partial charge < -0.3 is 4.74 Å². The molecule has 7 nitrogen and oxygen atoms in total. The molecule has 0 saturated heterocycles. The number of anilines is 1. The number of nitrogens with zero attached hydrogens (tertiary/aromatic N) is 2. The molecule has 1 atom stereocenters. The number of carbonyl (C=O) groups excluding carboxylic acids is 1. The Bertz CT molecular complexity index is 1030. The summed E-state index contributed by atoms with van der Waals surface area (Å²) in [4.78, 5) is 12.8. The van der Waals surface area contributed by atoms with Crippen molar-refractivity contribution in [2.45, 2.75) is 26.3 Å². The van der Waals surface area contributed by atoms with Crippen LogP contribution in [0.4, 0.5) is 5.69 Å². The van der Waals surface area contributed by atoms with E-state index in [1.165, 1.54) is 0 Å². The topological polar surface area (TPSA) is 88.1 Å². The molecule has 0 radical (unpaired) electrons. The molecule has 2 aromatic carbocycles. The van der Waals surface area contributed by atoms with E-state index < -0.39 is 10.0 Å². The minimum atomic E-state index is -3.38. The molecule has 1 aliphatic heterocycles. The summed E-state index contributed by atoms with van der Waals surface area (Å²) >= 11 is 0. The Morgan fingerprint density at radius 3 is 2.48 bits per heavy atom. The van der Waals surface area contributed by atoms with Crippen LogP contribution in [0.5, 0.6) is 5.75 Å². The fraction of sp³-hybridized carbons (Fsp3) is 0.333. The smallest absolute Gasteiger partial charge is 0.245 e. The normalized spacial score (nSPS) is 16.7. The van der Waals surface area contributed by atoms with E-state index in [0.29, 0.717) is 12.1 Å². The number of rotatable bonds is 6. The number of hydrogen-bond acceptors (Lipinski definition) is 5. The second-order valence-electron chi connectivity index (χ2n) is 7.33. The summed E-state index contributed by atoms with van der Waals surface area (Å²) in [7, 11) is -1.77. The van der Waals surface area contributed by atoms with Crippen LogP contribution in [-0.2, 0) is 14.8 Å². The zero-order valence-corrected chi connectivity index (χ0v) is 17.7. The minimum absolute atomic E-state index is 0.0637. The van der Waals surface area contributed by atoms with Gasteiger partial charge in [-0.05, 0) is 35.4 Å². The fourth-order valence-electron chi connectivity index (χ4n) is 3.21. The average Bonchev–Trinajstić information content (AvgIpc) is 3.11. The molecule has 1 N–H and O–H groups in total. The van der Waals surface area contributed by atoms with Crippen molar-refractivity contribution >= 4 is 27.3 Å². The maximum atomic E-state index is 12.8. The van der Waals surface area contributed by atoms with Gasteiger partial charge in [0.2, 0.25) is 15.9 Å². The summed E-state index contributed by atoms with van der Waals surface area (Å²) < 4.78 is 30.8. The number of hydrogen-bond donors (Lipinski definition) is 1. The van der Waals surface area contributed by atoms with E-state index in [1.54, 1.807) is 30.3 Å². The van der Waals surface area contributed by atoms with Gasteiger partial charge in [0.1, 0.15) is 5.75 Å². The molecular formula is C21H25N3O4S. The van der Waals surface area contributed by atoms with Crippen LogP contribution in [0.1, 0.15) is 37.4 Å². The molecule has 1 unspecified atom stereocenters. The van der Waals surface area contributed by atoms with Gasteiger partial charge in [-0.15, -0.1) is 0 Å². The molecule has 0 aliphatic carbocycles. The lowest BCUT2D eigenvalue weighted by atomic mass is 9.97. The zero-order chi connectivity index (χ0) is 21.2. The molecule has 1 aliphatic rings. The molecule has 1 amide bonds. The van der Waals surface area contributed by atoms with E-state index in [0.717, 1.165) is 28.8 Å². The van der Waals surface area contributed by atoms with Crippen LogP contribution in [0, 0.1) is 5.92 Å². The number of benzene rings is 2. The largest absolute Gasteiger partial charge is 0.497 e. The third kappa shape index (κ3) is 4.95. The molecule has 8 heteroatoms. The van der Waals surface area contributed by atoms with Crippen LogP contribution in [-0.4, -0.2) is 38.4 Å². The van der Waals surface area contributed by atoms with Crippen molar-refractivity contribution in [3.63, 3.8) is 0 Å². The lowest BCUT2D eigenvalue weighted by Gasteiger charge is -2.23. The Morgan fingerprint density at radius 2 is 1.90 bits per heavy atom. The number of methoxy groups -OCH3 is 1. The first-order chi connectivity index (χ1) is 13.7. The van der Waals surface area contributed by atoms with Gasteiger partial charge >= 0.3 is 0 Å². The predicted molar refractivity (Wildman–Crippen MR) is 113 cm³/mol. The number of nitrogens with one attached hydrogen (secondary N) is 1. The first-order valence-electron chi connectivity index (χ1n) is 9.30. The van der Waals surface area contributed by atoms with Crippen LogP contribution in [0.3, 0.4) is 0 Å². The van der Waals surface area contributed by atoms with Gasteiger partial charge in [0, 0.05) is 18.0 Å². The van der Waals surface area contributed by atoms with Gasteiger partial charge in [0.15, 0.2) is 0 Å². The Labute approximate surface area is 171 Å². The number of amides is 1. The van der Waals surface area contributed by atoms with E-state index >= 15 is 0 Å². The van der Waals surface area contributed by atoms with Crippen LogP contribution in [0.25, 0.3) is 0 Å². The number of hydrazone groups is 1. The van der Waals surface area contributed by atoms with Crippen LogP contribution < -0.4 is 9.46 Å². The maximum Gasteiger partial charge on any atom is 0.245 e. The summed E-state index contributed by atoms with van der Waals surface area (Å²) in [5, 5.41) is 6.15. The zero-order valence-electron chi connectivity index (χ0n) is 16.9. The van der Waals surface area contributed by atoms with Crippen molar-refractivity contribution in [1.82, 2.24) is 5.01 Å². The highest BCUT2D eigenvalue weighted by atomic mass is 32.2. The standard InChI is InChI=1S/C21H25N3O4S/c1-14(2)21(25)24-20(15-8-10-18(28-3)11-9-15)13-19(22-24)16-6-5-7-17(12-16)23-29(4,26)27/h5-12,14,20,23H,13H2,1-4H3. The lowest BCUT2D eigenvalue weighted by Crippen LogP contribution is -2.30. The molecule has 3 rings (SSSR count). The minimum Gasteiger partial charge on any atom is -0.497 e. The van der Waals surface area contributed by atoms with Crippen molar-refractivity contribution in [3.05, 3.63) is 59.7 Å². The third-order valence-electron chi connectivity index (χ3n) is 4.63. The highest BCUT2D eigenvalue weighted by Crippen LogP contribution is 2.35. The highest BCUT2D eigenvalue weighted by Gasteiger charge is 2.34. The quantitative estimate of drug-likeness (QED) is 0.783. The molecule has 0 saturated carbocycles. The Balaban J connectivity index is 1.95. The van der Waals surface area contributed by atoms with Crippen molar-refractivity contribution in [3.8, 4) is 5.75 Å². The number of ether oxygens (including phenoxy) is 1. The third-order valence-corrected chi connectivity index (χ3v) is 5.24. The molecule has 0 aromatic heterocycles. The second-order valence-corrected chi connectivity index (χ2v) is 9.08. The summed E-state index contributed by atoms with van der Waals surface area (Å²) in [6.45, 7) is 3.69. The van der Waals surface area contributed by atoms with Gasteiger partial charge in [-0.3, -0.25) is 9.52 Å². The summed E-state index contributed by atoms with van der Waals surface area (Å²) in [5.74, 6) is 0.484. The van der Waals surface area contributed by atoms with Gasteiger partial charge in [0.25, 0.3) is 0 Å². The molecule has 154 valence electrons. The molecule has 1 heterocycles. The van der Waals surface area contributed by atoms with Crippen molar-refractivity contribution < 1.29 is 17.9 Å². The van der Waals surface area contributed by atoms with E-state index in [9.17, 15) is 13.2 Å². The molecule has 0 bridgehead atoms. The van der Waals surface area contributed by atoms with Crippen LogP contribution >= 0.6 is 0 Å². The number of sulfonamides is 1. The van der Waals surface area contributed by atoms with Crippen LogP contribution in [0.15, 0.2) is 53.6 Å². The Morgan fingerprint density at radius 1 is 1.21 bits per heavy atom. The van der Waals surface area contributed by atoms with Crippen molar-refractivity contribution in [2.24, 2.45) is 11.0 Å². The monoisotopic (exact) mass is 415 g/mol. The first-order valence-corrected chi connectivity index (χ1v) is 11.2. The van der Waals surface area contributed by atoms with Crippen molar-refractivity contribution in [2.75, 3.05) is 18.1 Å². The molecular weight excluding hydrogens is 390 g/mol. The van der Waals surface area contributed by atoms with E-state index in [2.05, 4.69) is 9.82 Å². The maximum absolute atomic E-state index is 12.8. The Kier molecular flexibility index (Phi) is 5.93. The lowest BCUT2D eigenvalue weighted by molar-refractivity contribution is -0.136. The molecule has 2 aromatic rings. The summed E-state index contributed by atoms with van der Waals surface area (Å²) in [5.41, 5.74) is 2.93. The van der Waals surface area contributed by atoms with E-state index in [4.69, 9.17) is 4.74 Å². The SMILES string of the molecule is COc1ccc(C2CC(c3cccc(NS(C)(=O)=O)c3)=NN2C(=O)C(C)C)cc1. The summed E-state index contributed by atoms with van der Waals surface area (Å²) in [6, 6.07) is 14.4. The van der Waals surface area contributed by atoms with Gasteiger partial charge in [-0.1, -0.05) is 38.1 Å². The molecule has 0 spiro atoms. The highest BCUT2D eigenvalue weighted by molar-refractivity contribution is 7.92. The first kappa shape index (κ1) is 20.9. The van der Waals surface area contributed by atoms with E-state index in [-0.39, 0.29) is 17.9 Å². The van der Waals surface area contributed by atoms with Gasteiger partial charge in [0.05, 0.1) is 25.1 Å². The Hall–Kier alpha value is -2.87. The van der Waals surface area contributed by atoms with Crippen LogP contribution in [0.2, 0.25) is 0 Å². The number of carbonyl (C=O) groups is 1. The van der Waals surface area contributed by atoms with Gasteiger partial charge in [-0.2, -0.15) is 5.10 Å². The van der Waals surface area contributed by atoms with Gasteiger partial charge in [-0.25, -0.2) is 13.4 Å². The molecule has 29 heavy (non-hydrogen) atoms. The second kappa shape index (κ2) is 8.24. The molecule has 0 fully saturated rings. The average molecular weight is 416 g/mol.